The molecule has 0 aromatic carbocycles. The molecule has 2 unspecified atom stereocenters. The van der Waals surface area contributed by atoms with Crippen molar-refractivity contribution in [2.75, 3.05) is 11.9 Å². The molecule has 0 spiro atoms. The third-order valence-electron chi connectivity index (χ3n) is 5.04. The van der Waals surface area contributed by atoms with Crippen molar-refractivity contribution >= 4 is 29.0 Å². The molecule has 0 saturated heterocycles. The summed E-state index contributed by atoms with van der Waals surface area (Å²) in [5.74, 6) is 0.897. The third kappa shape index (κ3) is 4.32. The van der Waals surface area contributed by atoms with Gasteiger partial charge in [0, 0.05) is 29.1 Å². The number of amides is 1. The van der Waals surface area contributed by atoms with Crippen LogP contribution in [0.4, 0.5) is 5.82 Å². The highest BCUT2D eigenvalue weighted by molar-refractivity contribution is 7.14. The lowest BCUT2D eigenvalue weighted by atomic mass is 9.89. The first-order chi connectivity index (χ1) is 13.3. The van der Waals surface area contributed by atoms with E-state index in [4.69, 9.17) is 0 Å². The second kappa shape index (κ2) is 8.26. The largest absolute Gasteiger partial charge is 0.480 e. The molecule has 2 aromatic rings. The van der Waals surface area contributed by atoms with Gasteiger partial charge in [0.15, 0.2) is 0 Å². The van der Waals surface area contributed by atoms with Crippen molar-refractivity contribution in [3.63, 3.8) is 0 Å². The number of nitrogens with one attached hydrogen (secondary N) is 2. The molecule has 1 aliphatic heterocycles. The highest BCUT2D eigenvalue weighted by Gasteiger charge is 2.31. The van der Waals surface area contributed by atoms with Gasteiger partial charge in [0.1, 0.15) is 17.7 Å². The van der Waals surface area contributed by atoms with Gasteiger partial charge >= 0.3 is 5.97 Å². The van der Waals surface area contributed by atoms with Crippen LogP contribution in [0.2, 0.25) is 0 Å². The first-order valence-corrected chi connectivity index (χ1v) is 10.3. The van der Waals surface area contributed by atoms with Crippen molar-refractivity contribution in [3.05, 3.63) is 39.5 Å². The van der Waals surface area contributed by atoms with Gasteiger partial charge in [0.2, 0.25) is 0 Å². The minimum atomic E-state index is -1.00. The maximum absolute atomic E-state index is 12.5. The highest BCUT2D eigenvalue weighted by atomic mass is 32.1. The number of rotatable bonds is 7. The van der Waals surface area contributed by atoms with Crippen LogP contribution in [0.25, 0.3) is 0 Å². The standard InChI is InChI=1S/C20H26N4O3S/c1-10(2)7-15(20(26)27)24-19(25)17-6-5-16(28-17)11(3)13-8-22-18-14(13)9-21-12(4)23-18/h5-6,9-11,13,15H,7-8H2,1-4H3,(H,24,25)(H,26,27)(H,21,22,23)/t11?,13?,15-/m0/s1. The summed E-state index contributed by atoms with van der Waals surface area (Å²) in [6.45, 7) is 8.65. The summed E-state index contributed by atoms with van der Waals surface area (Å²) in [6, 6.07) is 2.85. The van der Waals surface area contributed by atoms with Gasteiger partial charge in [-0.3, -0.25) is 4.79 Å². The number of carboxylic acid groups (broad SMARTS) is 1. The van der Waals surface area contributed by atoms with Crippen molar-refractivity contribution in [2.24, 2.45) is 5.92 Å². The van der Waals surface area contributed by atoms with Gasteiger partial charge in [0.25, 0.3) is 5.91 Å². The second-order valence-corrected chi connectivity index (χ2v) is 8.81. The molecule has 0 bridgehead atoms. The molecule has 3 heterocycles. The molecule has 3 N–H and O–H groups in total. The van der Waals surface area contributed by atoms with Gasteiger partial charge in [0.05, 0.1) is 4.88 Å². The third-order valence-corrected chi connectivity index (χ3v) is 6.32. The number of anilines is 1. The predicted molar refractivity (Wildman–Crippen MR) is 109 cm³/mol. The quantitative estimate of drug-likeness (QED) is 0.656. The van der Waals surface area contributed by atoms with E-state index in [0.29, 0.717) is 11.3 Å². The number of aryl methyl sites for hydroxylation is 1. The fourth-order valence-electron chi connectivity index (χ4n) is 3.50. The van der Waals surface area contributed by atoms with E-state index in [2.05, 4.69) is 27.5 Å². The van der Waals surface area contributed by atoms with Gasteiger partial charge < -0.3 is 15.7 Å². The summed E-state index contributed by atoms with van der Waals surface area (Å²) in [7, 11) is 0. The van der Waals surface area contributed by atoms with E-state index in [0.717, 1.165) is 28.6 Å². The summed E-state index contributed by atoms with van der Waals surface area (Å²) in [5.41, 5.74) is 1.10. The average molecular weight is 403 g/mol. The summed E-state index contributed by atoms with van der Waals surface area (Å²) >= 11 is 1.41. The average Bonchev–Trinajstić information content (AvgIpc) is 3.27. The number of hydrogen-bond donors (Lipinski definition) is 3. The highest BCUT2D eigenvalue weighted by Crippen LogP contribution is 2.41. The number of fused-ring (bicyclic) bond motifs is 1. The lowest BCUT2D eigenvalue weighted by Gasteiger charge is -2.17. The van der Waals surface area contributed by atoms with E-state index in [1.165, 1.54) is 11.3 Å². The molecule has 7 nitrogen and oxygen atoms in total. The van der Waals surface area contributed by atoms with E-state index >= 15 is 0 Å². The maximum Gasteiger partial charge on any atom is 0.326 e. The van der Waals surface area contributed by atoms with Crippen LogP contribution in [0.5, 0.6) is 0 Å². The molecule has 3 rings (SSSR count). The van der Waals surface area contributed by atoms with Crippen molar-refractivity contribution in [1.82, 2.24) is 15.3 Å². The fraction of sp³-hybridized carbons (Fsp3) is 0.500. The number of aromatic nitrogens is 2. The molecule has 150 valence electrons. The lowest BCUT2D eigenvalue weighted by molar-refractivity contribution is -0.139. The smallest absolute Gasteiger partial charge is 0.326 e. The molecule has 3 atom stereocenters. The molecule has 2 aromatic heterocycles. The van der Waals surface area contributed by atoms with Crippen molar-refractivity contribution < 1.29 is 14.7 Å². The Bertz CT molecular complexity index is 880. The van der Waals surface area contributed by atoms with Crippen molar-refractivity contribution in [2.45, 2.75) is 52.0 Å². The van der Waals surface area contributed by atoms with E-state index in [-0.39, 0.29) is 23.7 Å². The molecule has 1 amide bonds. The molecule has 0 saturated carbocycles. The molecular formula is C20H26N4O3S. The van der Waals surface area contributed by atoms with Gasteiger partial charge in [-0.15, -0.1) is 11.3 Å². The number of nitrogens with zero attached hydrogens (tertiary/aromatic N) is 2. The maximum atomic E-state index is 12.5. The zero-order valence-corrected chi connectivity index (χ0v) is 17.3. The molecule has 8 heteroatoms. The monoisotopic (exact) mass is 402 g/mol. The minimum Gasteiger partial charge on any atom is -0.480 e. The normalized spacial score (nSPS) is 17.7. The zero-order chi connectivity index (χ0) is 20.4. The summed E-state index contributed by atoms with van der Waals surface area (Å²) in [4.78, 5) is 34.3. The Kier molecular flexibility index (Phi) is 5.98. The molecule has 1 aliphatic rings. The molecule has 0 radical (unpaired) electrons. The van der Waals surface area contributed by atoms with Gasteiger partial charge in [-0.25, -0.2) is 14.8 Å². The number of thiophene rings is 1. The number of carbonyl (C=O) groups is 2. The van der Waals surface area contributed by atoms with Crippen LogP contribution in [0, 0.1) is 12.8 Å². The number of hydrogen-bond acceptors (Lipinski definition) is 6. The lowest BCUT2D eigenvalue weighted by Crippen LogP contribution is -2.41. The first-order valence-electron chi connectivity index (χ1n) is 9.47. The van der Waals surface area contributed by atoms with Crippen LogP contribution >= 0.6 is 11.3 Å². The van der Waals surface area contributed by atoms with E-state index in [1.54, 1.807) is 6.07 Å². The van der Waals surface area contributed by atoms with Crippen LogP contribution in [-0.4, -0.2) is 39.5 Å². The molecular weight excluding hydrogens is 376 g/mol. The fourth-order valence-corrected chi connectivity index (χ4v) is 4.52. The van der Waals surface area contributed by atoms with Crippen molar-refractivity contribution in [1.29, 1.82) is 0 Å². The Morgan fingerprint density at radius 2 is 2.11 bits per heavy atom. The first kappa shape index (κ1) is 20.3. The van der Waals surface area contributed by atoms with Gasteiger partial charge in [-0.2, -0.15) is 0 Å². The SMILES string of the molecule is Cc1ncc2c(n1)NCC2C(C)c1ccc(C(=O)N[C@@H](CC(C)C)C(=O)O)s1. The topological polar surface area (TPSA) is 104 Å². The van der Waals surface area contributed by atoms with E-state index < -0.39 is 12.0 Å². The number of carbonyl (C=O) groups excluding carboxylic acids is 1. The number of aliphatic carboxylic acids is 1. The summed E-state index contributed by atoms with van der Waals surface area (Å²) in [6.07, 6.45) is 2.28. The second-order valence-electron chi connectivity index (χ2n) is 7.69. The van der Waals surface area contributed by atoms with E-state index in [1.807, 2.05) is 33.0 Å². The predicted octanol–water partition coefficient (Wildman–Crippen LogP) is 3.39. The van der Waals surface area contributed by atoms with Crippen LogP contribution in [0.3, 0.4) is 0 Å². The Balaban J connectivity index is 1.72. The Labute approximate surface area is 168 Å². The summed E-state index contributed by atoms with van der Waals surface area (Å²) < 4.78 is 0. The number of carboxylic acids is 1. The Morgan fingerprint density at radius 1 is 1.36 bits per heavy atom. The molecule has 0 fully saturated rings. The van der Waals surface area contributed by atoms with E-state index in [9.17, 15) is 14.7 Å². The molecule has 28 heavy (non-hydrogen) atoms. The minimum absolute atomic E-state index is 0.182. The van der Waals surface area contributed by atoms with Crippen LogP contribution in [0.15, 0.2) is 18.3 Å². The van der Waals surface area contributed by atoms with Crippen LogP contribution in [0.1, 0.15) is 65.0 Å². The Morgan fingerprint density at radius 3 is 2.79 bits per heavy atom. The van der Waals surface area contributed by atoms with Crippen LogP contribution < -0.4 is 10.6 Å². The van der Waals surface area contributed by atoms with Crippen molar-refractivity contribution in [3.8, 4) is 0 Å². The van der Waals surface area contributed by atoms with Gasteiger partial charge in [-0.05, 0) is 37.3 Å². The van der Waals surface area contributed by atoms with Crippen LogP contribution in [-0.2, 0) is 4.79 Å². The summed E-state index contributed by atoms with van der Waals surface area (Å²) in [5, 5.41) is 15.3. The zero-order valence-electron chi connectivity index (χ0n) is 16.5. The molecule has 0 aliphatic carbocycles. The van der Waals surface area contributed by atoms with Gasteiger partial charge in [-0.1, -0.05) is 20.8 Å². The Hall–Kier alpha value is -2.48.